The Kier molecular flexibility index (Phi) is 9.12. The molecule has 2 rings (SSSR count). The van der Waals surface area contributed by atoms with Crippen LogP contribution in [0, 0.1) is 17.3 Å². The Morgan fingerprint density at radius 3 is 2.03 bits per heavy atom. The fourth-order valence-corrected chi connectivity index (χ4v) is 7.76. The van der Waals surface area contributed by atoms with Crippen LogP contribution in [0.25, 0.3) is 0 Å². The van der Waals surface area contributed by atoms with Gasteiger partial charge in [0.1, 0.15) is 11.7 Å². The summed E-state index contributed by atoms with van der Waals surface area (Å²) in [5, 5.41) is 1.46. The number of carbonyl (C=O) groups is 3. The van der Waals surface area contributed by atoms with Gasteiger partial charge in [-0.1, -0.05) is 32.1 Å². The van der Waals surface area contributed by atoms with Crippen LogP contribution in [0.3, 0.4) is 0 Å². The fraction of sp³-hybridized carbons (Fsp3) is 0.792. The summed E-state index contributed by atoms with van der Waals surface area (Å²) in [4.78, 5) is 45.5. The molecule has 2 aliphatic rings. The average molecular weight is 500 g/mol. The molecule has 0 aromatic carbocycles. The summed E-state index contributed by atoms with van der Waals surface area (Å²) < 4.78 is 22.3. The smallest absolute Gasteiger partial charge is 0.323 e. The molecule has 0 unspecified atom stereocenters. The van der Waals surface area contributed by atoms with E-state index in [9.17, 15) is 14.4 Å². The molecule has 2 fully saturated rings. The summed E-state index contributed by atoms with van der Waals surface area (Å²) in [5.41, 5.74) is -2.42. The molecule has 0 amide bonds. The largest absolute Gasteiger partial charge is 0.468 e. The quantitative estimate of drug-likeness (QED) is 0.146. The van der Waals surface area contributed by atoms with Gasteiger partial charge in [0.25, 0.3) is 0 Å². The van der Waals surface area contributed by atoms with Gasteiger partial charge in [-0.25, -0.2) is 0 Å². The van der Waals surface area contributed by atoms with Crippen LogP contribution in [0.4, 0.5) is 0 Å². The van der Waals surface area contributed by atoms with Crippen molar-refractivity contribution in [3.63, 3.8) is 0 Å². The van der Waals surface area contributed by atoms with E-state index in [0.29, 0.717) is 0 Å². The molecule has 0 spiro atoms. The monoisotopic (exact) mass is 499 g/mol. The first-order valence-corrected chi connectivity index (χ1v) is 14.6. The van der Waals surface area contributed by atoms with Gasteiger partial charge in [-0.15, -0.1) is 6.58 Å². The molecule has 1 aliphatic carbocycles. The van der Waals surface area contributed by atoms with Crippen molar-refractivity contribution in [3.8, 4) is 0 Å². The molecule has 0 aromatic rings. The average Bonchev–Trinajstić information content (AvgIpc) is 3.30. The minimum absolute atomic E-state index is 0.0833. The minimum atomic E-state index is -2.19. The maximum Gasteiger partial charge on any atom is 0.323 e. The van der Waals surface area contributed by atoms with E-state index < -0.39 is 55.3 Å². The van der Waals surface area contributed by atoms with Crippen molar-refractivity contribution >= 4 is 26.2 Å². The lowest BCUT2D eigenvalue weighted by molar-refractivity contribution is -0.329. The number of hydroxylamine groups is 2. The summed E-state index contributed by atoms with van der Waals surface area (Å²) in [7, 11) is 0.262. The molecular weight excluding hydrogens is 458 g/mol. The lowest BCUT2D eigenvalue weighted by Crippen LogP contribution is -2.52. The fourth-order valence-electron chi connectivity index (χ4n) is 5.33. The normalized spacial score (nSPS) is 26.6. The summed E-state index contributed by atoms with van der Waals surface area (Å²) >= 11 is 0. The maximum atomic E-state index is 13.2. The molecule has 4 atom stereocenters. The molecular formula is C24H41NO8Si. The van der Waals surface area contributed by atoms with Gasteiger partial charge in [0.15, 0.2) is 5.41 Å². The maximum absolute atomic E-state index is 13.2. The molecule has 0 radical (unpaired) electrons. The third-order valence-electron chi connectivity index (χ3n) is 7.29. The Morgan fingerprint density at radius 2 is 1.62 bits per heavy atom. The van der Waals surface area contributed by atoms with Gasteiger partial charge in [0.05, 0.1) is 26.7 Å². The molecule has 194 valence electrons. The summed E-state index contributed by atoms with van der Waals surface area (Å²) in [6, 6.07) is 2.04. The van der Waals surface area contributed by atoms with Gasteiger partial charge in [-0.3, -0.25) is 19.2 Å². The lowest BCUT2D eigenvalue weighted by Gasteiger charge is -2.38. The van der Waals surface area contributed by atoms with Crippen molar-refractivity contribution in [1.82, 2.24) is 5.23 Å². The van der Waals surface area contributed by atoms with Crippen molar-refractivity contribution in [1.29, 1.82) is 0 Å². The summed E-state index contributed by atoms with van der Waals surface area (Å²) in [5.74, 6) is -3.18. The zero-order chi connectivity index (χ0) is 25.9. The van der Waals surface area contributed by atoms with Gasteiger partial charge in [0, 0.05) is 11.8 Å². The van der Waals surface area contributed by atoms with E-state index in [0.717, 1.165) is 18.1 Å². The Hall–Kier alpha value is -1.75. The molecule has 1 saturated heterocycles. The van der Waals surface area contributed by atoms with E-state index in [4.69, 9.17) is 23.6 Å². The Labute approximate surface area is 204 Å². The number of fused-ring (bicyclic) bond motifs is 1. The number of esters is 3. The second kappa shape index (κ2) is 10.9. The Morgan fingerprint density at radius 1 is 1.09 bits per heavy atom. The highest BCUT2D eigenvalue weighted by molar-refractivity contribution is 6.73. The highest BCUT2D eigenvalue weighted by atomic mass is 28.4. The number of ether oxygens (including phenoxy) is 3. The van der Waals surface area contributed by atoms with Crippen LogP contribution in [-0.4, -0.2) is 63.4 Å². The SMILES string of the molecule is C=C[C@H]1ON(O[Si](CC)(CC)CC)[C@H]2[C@@H]1CC(C(=O)OC)(C(=O)OC)[C@@H]2CC(=O)OC(C)(C)C. The number of hydrogen-bond donors (Lipinski definition) is 0. The minimum Gasteiger partial charge on any atom is -0.468 e. The Balaban J connectivity index is 2.61. The van der Waals surface area contributed by atoms with Crippen LogP contribution >= 0.6 is 0 Å². The van der Waals surface area contributed by atoms with E-state index in [2.05, 4.69) is 27.4 Å². The summed E-state index contributed by atoms with van der Waals surface area (Å²) in [6.45, 7) is 15.5. The second-order valence-corrected chi connectivity index (χ2v) is 14.8. The first-order chi connectivity index (χ1) is 15.9. The third-order valence-corrected chi connectivity index (χ3v) is 11.7. The predicted octanol–water partition coefficient (Wildman–Crippen LogP) is 3.79. The molecule has 9 nitrogen and oxygen atoms in total. The molecule has 0 aromatic heterocycles. The zero-order valence-corrected chi connectivity index (χ0v) is 22.8. The lowest BCUT2D eigenvalue weighted by atomic mass is 9.75. The molecule has 1 saturated carbocycles. The van der Waals surface area contributed by atoms with Gasteiger partial charge in [0.2, 0.25) is 8.32 Å². The van der Waals surface area contributed by atoms with E-state index in [1.807, 2.05) is 0 Å². The van der Waals surface area contributed by atoms with Gasteiger partial charge < -0.3 is 18.7 Å². The number of nitrogens with zero attached hydrogens (tertiary/aromatic N) is 1. The number of hydrogen-bond acceptors (Lipinski definition) is 9. The van der Waals surface area contributed by atoms with Crippen LogP contribution in [0.1, 0.15) is 54.4 Å². The molecule has 0 bridgehead atoms. The van der Waals surface area contributed by atoms with E-state index >= 15 is 0 Å². The highest BCUT2D eigenvalue weighted by Gasteiger charge is 2.70. The van der Waals surface area contributed by atoms with E-state index in [-0.39, 0.29) is 18.8 Å². The second-order valence-electron chi connectivity index (χ2n) is 10.1. The van der Waals surface area contributed by atoms with Crippen LogP contribution in [0.2, 0.25) is 18.1 Å². The van der Waals surface area contributed by atoms with Gasteiger partial charge in [-0.2, -0.15) is 0 Å². The Bertz CT molecular complexity index is 751. The molecule has 0 N–H and O–H groups in total. The van der Waals surface area contributed by atoms with Crippen molar-refractivity contribution in [3.05, 3.63) is 12.7 Å². The molecule has 1 heterocycles. The van der Waals surface area contributed by atoms with Crippen molar-refractivity contribution in [2.45, 2.75) is 90.3 Å². The first kappa shape index (κ1) is 28.5. The predicted molar refractivity (Wildman–Crippen MR) is 128 cm³/mol. The number of methoxy groups -OCH3 is 2. The van der Waals surface area contributed by atoms with Crippen molar-refractivity contribution in [2.24, 2.45) is 17.3 Å². The zero-order valence-electron chi connectivity index (χ0n) is 21.8. The topological polar surface area (TPSA) is 101 Å². The third kappa shape index (κ3) is 5.24. The van der Waals surface area contributed by atoms with Gasteiger partial charge in [-0.05, 0) is 45.3 Å². The van der Waals surface area contributed by atoms with Crippen molar-refractivity contribution in [2.75, 3.05) is 14.2 Å². The number of rotatable bonds is 10. The van der Waals surface area contributed by atoms with Crippen LogP contribution in [0.5, 0.6) is 0 Å². The molecule has 10 heteroatoms. The highest BCUT2D eigenvalue weighted by Crippen LogP contribution is 2.57. The van der Waals surface area contributed by atoms with Gasteiger partial charge >= 0.3 is 17.9 Å². The standard InChI is InChI=1S/C24H41NO8Si/c1-10-18-16-15-24(21(27)29-8,22(28)30-9)17(14-19(26)31-23(5,6)7)20(16)25(32-18)33-34(11-2,12-3)13-4/h10,16-18,20H,1,11-15H2,2-9H3/t16-,17-,18-,20+/m1/s1. The van der Waals surface area contributed by atoms with Crippen LogP contribution in [0.15, 0.2) is 12.7 Å². The van der Waals surface area contributed by atoms with Crippen LogP contribution in [-0.2, 0) is 38.0 Å². The van der Waals surface area contributed by atoms with E-state index in [1.54, 1.807) is 26.8 Å². The van der Waals surface area contributed by atoms with E-state index in [1.165, 1.54) is 19.4 Å². The van der Waals surface area contributed by atoms with Crippen LogP contribution < -0.4 is 0 Å². The molecule has 1 aliphatic heterocycles. The first-order valence-electron chi connectivity index (χ1n) is 12.0. The molecule has 34 heavy (non-hydrogen) atoms. The number of carbonyl (C=O) groups excluding carboxylic acids is 3. The van der Waals surface area contributed by atoms with Crippen molar-refractivity contribution < 1.29 is 38.0 Å². The summed E-state index contributed by atoms with van der Waals surface area (Å²) in [6.07, 6.45) is 1.03.